The second kappa shape index (κ2) is 7.23. The summed E-state index contributed by atoms with van der Waals surface area (Å²) in [7, 11) is 0. The van der Waals surface area contributed by atoms with Crippen LogP contribution in [0.25, 0.3) is 0 Å². The number of nitrogens with zero attached hydrogens (tertiary/aromatic N) is 2. The van der Waals surface area contributed by atoms with Crippen LogP contribution >= 0.6 is 0 Å². The minimum Gasteiger partial charge on any atom is -0.423 e. The quantitative estimate of drug-likeness (QED) is 0.749. The molecule has 1 aromatic heterocycles. The maximum atomic E-state index is 11.9. The van der Waals surface area contributed by atoms with E-state index in [1.54, 1.807) is 18.2 Å². The Kier molecular flexibility index (Phi) is 5.33. The summed E-state index contributed by atoms with van der Waals surface area (Å²) in [4.78, 5) is 11.9. The monoisotopic (exact) mass is 318 g/mol. The molecule has 0 aliphatic heterocycles. The van der Waals surface area contributed by atoms with E-state index in [1.165, 1.54) is 0 Å². The lowest BCUT2D eigenvalue weighted by Crippen LogP contribution is -2.26. The van der Waals surface area contributed by atoms with E-state index < -0.39 is 0 Å². The third-order valence-corrected chi connectivity index (χ3v) is 3.07. The third-order valence-electron chi connectivity index (χ3n) is 3.07. The largest absolute Gasteiger partial charge is 0.423 e. The van der Waals surface area contributed by atoms with Gasteiger partial charge in [0, 0.05) is 23.2 Å². The van der Waals surface area contributed by atoms with E-state index in [0.717, 1.165) is 5.69 Å². The summed E-state index contributed by atoms with van der Waals surface area (Å²) >= 11 is 0. The predicted molar refractivity (Wildman–Crippen MR) is 86.2 cm³/mol. The van der Waals surface area contributed by atoms with Gasteiger partial charge in [-0.15, -0.1) is 10.2 Å². The molecule has 0 aliphatic carbocycles. The van der Waals surface area contributed by atoms with Crippen molar-refractivity contribution in [3.63, 3.8) is 0 Å². The van der Waals surface area contributed by atoms with Crippen LogP contribution in [0.2, 0.25) is 0 Å². The van der Waals surface area contributed by atoms with Crippen LogP contribution in [0.1, 0.15) is 42.9 Å². The van der Waals surface area contributed by atoms with Crippen molar-refractivity contribution in [3.05, 3.63) is 41.6 Å². The van der Waals surface area contributed by atoms with E-state index in [2.05, 4.69) is 20.8 Å². The Morgan fingerprint density at radius 2 is 2.09 bits per heavy atom. The van der Waals surface area contributed by atoms with Gasteiger partial charge in [-0.3, -0.25) is 4.79 Å². The maximum Gasteiger partial charge on any atom is 0.251 e. The molecule has 0 bridgehead atoms. The Balaban J connectivity index is 1.98. The molecule has 23 heavy (non-hydrogen) atoms. The molecule has 0 spiro atoms. The molecule has 7 heteroatoms. The van der Waals surface area contributed by atoms with Gasteiger partial charge in [-0.1, -0.05) is 26.8 Å². The first-order valence-corrected chi connectivity index (χ1v) is 7.46. The average molecular weight is 318 g/mol. The number of aliphatic hydroxyl groups is 1. The van der Waals surface area contributed by atoms with Gasteiger partial charge in [0.25, 0.3) is 5.91 Å². The molecule has 2 aromatic rings. The fourth-order valence-corrected chi connectivity index (χ4v) is 1.85. The van der Waals surface area contributed by atoms with Crippen LogP contribution < -0.4 is 10.6 Å². The lowest BCUT2D eigenvalue weighted by molar-refractivity contribution is 0.0945. The second-order valence-corrected chi connectivity index (χ2v) is 6.16. The van der Waals surface area contributed by atoms with Gasteiger partial charge in [-0.2, -0.15) is 0 Å². The zero-order chi connectivity index (χ0) is 16.9. The Hall–Kier alpha value is -2.41. The van der Waals surface area contributed by atoms with Gasteiger partial charge < -0.3 is 20.2 Å². The van der Waals surface area contributed by atoms with E-state index in [0.29, 0.717) is 23.9 Å². The normalized spacial score (nSPS) is 11.3. The van der Waals surface area contributed by atoms with Crippen LogP contribution in [0.3, 0.4) is 0 Å². The van der Waals surface area contributed by atoms with E-state index in [1.807, 2.05) is 26.8 Å². The molecule has 7 nitrogen and oxygen atoms in total. The highest BCUT2D eigenvalue weighted by molar-refractivity contribution is 5.95. The van der Waals surface area contributed by atoms with Crippen molar-refractivity contribution >= 4 is 11.6 Å². The SMILES string of the molecule is CC(C)(C)c1nnc(CNc2cccc(C(=O)NCCO)c2)o1. The first-order chi connectivity index (χ1) is 10.9. The van der Waals surface area contributed by atoms with Crippen molar-refractivity contribution in [1.29, 1.82) is 0 Å². The third kappa shape index (κ3) is 4.79. The summed E-state index contributed by atoms with van der Waals surface area (Å²) in [5.41, 5.74) is 1.11. The van der Waals surface area contributed by atoms with Crippen LogP contribution in [-0.4, -0.2) is 34.4 Å². The molecule has 0 aliphatic rings. The van der Waals surface area contributed by atoms with Crippen LogP contribution in [-0.2, 0) is 12.0 Å². The number of benzene rings is 1. The van der Waals surface area contributed by atoms with Crippen molar-refractivity contribution in [2.24, 2.45) is 0 Å². The van der Waals surface area contributed by atoms with Crippen molar-refractivity contribution in [2.75, 3.05) is 18.5 Å². The number of rotatable bonds is 6. The molecule has 0 radical (unpaired) electrons. The van der Waals surface area contributed by atoms with Gasteiger partial charge in [0.2, 0.25) is 11.8 Å². The Bertz CT molecular complexity index is 661. The molecule has 124 valence electrons. The first-order valence-electron chi connectivity index (χ1n) is 7.46. The second-order valence-electron chi connectivity index (χ2n) is 6.16. The minimum absolute atomic E-state index is 0.0864. The van der Waals surface area contributed by atoms with Crippen LogP contribution in [0.4, 0.5) is 5.69 Å². The number of hydrogen-bond acceptors (Lipinski definition) is 6. The van der Waals surface area contributed by atoms with Gasteiger partial charge in [0.15, 0.2) is 0 Å². The fraction of sp³-hybridized carbons (Fsp3) is 0.438. The van der Waals surface area contributed by atoms with Crippen LogP contribution in [0, 0.1) is 0 Å². The Morgan fingerprint density at radius 1 is 1.30 bits per heavy atom. The fourth-order valence-electron chi connectivity index (χ4n) is 1.85. The molecule has 1 amide bonds. The molecular weight excluding hydrogens is 296 g/mol. The lowest BCUT2D eigenvalue weighted by atomic mass is 9.97. The number of hydrogen-bond donors (Lipinski definition) is 3. The highest BCUT2D eigenvalue weighted by Crippen LogP contribution is 2.20. The number of anilines is 1. The zero-order valence-electron chi connectivity index (χ0n) is 13.6. The molecule has 2 rings (SSSR count). The summed E-state index contributed by atoms with van der Waals surface area (Å²) in [5, 5.41) is 22.5. The van der Waals surface area contributed by atoms with Gasteiger partial charge in [0.05, 0.1) is 13.2 Å². The van der Waals surface area contributed by atoms with Crippen LogP contribution in [0.5, 0.6) is 0 Å². The summed E-state index contributed by atoms with van der Waals surface area (Å²) in [6.07, 6.45) is 0. The number of carbonyl (C=O) groups is 1. The number of nitrogens with one attached hydrogen (secondary N) is 2. The van der Waals surface area contributed by atoms with Crippen molar-refractivity contribution in [1.82, 2.24) is 15.5 Å². The lowest BCUT2D eigenvalue weighted by Gasteiger charge is -2.11. The van der Waals surface area contributed by atoms with Gasteiger partial charge >= 0.3 is 0 Å². The average Bonchev–Trinajstić information content (AvgIpc) is 3.00. The summed E-state index contributed by atoms with van der Waals surface area (Å²) in [6.45, 7) is 6.54. The van der Waals surface area contributed by atoms with Gasteiger partial charge in [0.1, 0.15) is 0 Å². The van der Waals surface area contributed by atoms with E-state index in [4.69, 9.17) is 9.52 Å². The molecule has 0 unspecified atom stereocenters. The smallest absolute Gasteiger partial charge is 0.251 e. The molecule has 1 heterocycles. The van der Waals surface area contributed by atoms with Crippen molar-refractivity contribution < 1.29 is 14.3 Å². The Labute approximate surface area is 135 Å². The first kappa shape index (κ1) is 17.0. The molecule has 0 saturated carbocycles. The molecule has 0 atom stereocenters. The van der Waals surface area contributed by atoms with E-state index >= 15 is 0 Å². The zero-order valence-corrected chi connectivity index (χ0v) is 13.6. The standard InChI is InChI=1S/C16H22N4O3/c1-16(2,3)15-20-19-13(23-15)10-18-12-6-4-5-11(9-12)14(22)17-7-8-21/h4-6,9,18,21H,7-8,10H2,1-3H3,(H,17,22). The van der Waals surface area contributed by atoms with Crippen LogP contribution in [0.15, 0.2) is 28.7 Å². The highest BCUT2D eigenvalue weighted by atomic mass is 16.4. The molecule has 0 saturated heterocycles. The van der Waals surface area contributed by atoms with Crippen molar-refractivity contribution in [2.45, 2.75) is 32.7 Å². The molecule has 3 N–H and O–H groups in total. The summed E-state index contributed by atoms with van der Waals surface area (Å²) < 4.78 is 5.61. The molecular formula is C16H22N4O3. The number of aromatic nitrogens is 2. The summed E-state index contributed by atoms with van der Waals surface area (Å²) in [6, 6.07) is 7.07. The topological polar surface area (TPSA) is 100 Å². The predicted octanol–water partition coefficient (Wildman–Crippen LogP) is 1.70. The van der Waals surface area contributed by atoms with E-state index in [-0.39, 0.29) is 24.5 Å². The van der Waals surface area contributed by atoms with Gasteiger partial charge in [-0.25, -0.2) is 0 Å². The van der Waals surface area contributed by atoms with E-state index in [9.17, 15) is 4.79 Å². The van der Waals surface area contributed by atoms with Crippen molar-refractivity contribution in [3.8, 4) is 0 Å². The minimum atomic E-state index is -0.226. The molecule has 1 aromatic carbocycles. The number of carbonyl (C=O) groups excluding carboxylic acids is 1. The summed E-state index contributed by atoms with van der Waals surface area (Å²) in [5.74, 6) is 0.854. The van der Waals surface area contributed by atoms with Gasteiger partial charge in [-0.05, 0) is 18.2 Å². The number of aliphatic hydroxyl groups excluding tert-OH is 1. The Morgan fingerprint density at radius 3 is 2.74 bits per heavy atom. The molecule has 0 fully saturated rings. The number of amides is 1. The maximum absolute atomic E-state index is 11.9. The highest BCUT2D eigenvalue weighted by Gasteiger charge is 2.21.